The number of hydrogen-bond acceptors (Lipinski definition) is 2. The Kier molecular flexibility index (Phi) is 3.87. The summed E-state index contributed by atoms with van der Waals surface area (Å²) in [4.78, 5) is 12.3. The van der Waals surface area contributed by atoms with E-state index in [1.54, 1.807) is 18.2 Å². The van der Waals surface area contributed by atoms with Gasteiger partial charge in [-0.1, -0.05) is 23.7 Å². The summed E-state index contributed by atoms with van der Waals surface area (Å²) in [6.45, 7) is 0. The van der Waals surface area contributed by atoms with Crippen molar-refractivity contribution >= 4 is 45.7 Å². The molecule has 5 heteroatoms. The van der Waals surface area contributed by atoms with E-state index in [-0.39, 0.29) is 21.8 Å². The third kappa shape index (κ3) is 2.35. The lowest BCUT2D eigenvalue weighted by atomic mass is 10.0. The molecular formula is C13H8ClFINO. The van der Waals surface area contributed by atoms with Crippen LogP contribution in [0.5, 0.6) is 0 Å². The predicted octanol–water partition coefficient (Wildman–Crippen LogP) is 3.90. The predicted molar refractivity (Wildman–Crippen MR) is 78.4 cm³/mol. The minimum atomic E-state index is -0.586. The molecule has 0 fully saturated rings. The highest BCUT2D eigenvalue weighted by atomic mass is 127. The molecule has 0 radical (unpaired) electrons. The van der Waals surface area contributed by atoms with Crippen molar-refractivity contribution in [2.45, 2.75) is 0 Å². The second kappa shape index (κ2) is 5.24. The van der Waals surface area contributed by atoms with Crippen LogP contribution in [0.1, 0.15) is 15.9 Å². The third-order valence-corrected chi connectivity index (χ3v) is 4.08. The quantitative estimate of drug-likeness (QED) is 0.491. The Bertz CT molecular complexity index is 630. The van der Waals surface area contributed by atoms with Crippen LogP contribution in [0.4, 0.5) is 10.1 Å². The van der Waals surface area contributed by atoms with Gasteiger partial charge in [0.25, 0.3) is 0 Å². The third-order valence-electron chi connectivity index (χ3n) is 2.47. The Labute approximate surface area is 122 Å². The van der Waals surface area contributed by atoms with E-state index in [4.69, 9.17) is 17.3 Å². The number of nitrogen functional groups attached to an aromatic ring is 1. The molecule has 0 aliphatic rings. The van der Waals surface area contributed by atoms with Gasteiger partial charge in [0, 0.05) is 9.26 Å². The molecule has 0 atom stereocenters. The first kappa shape index (κ1) is 13.3. The van der Waals surface area contributed by atoms with Gasteiger partial charge in [-0.25, -0.2) is 4.39 Å². The molecule has 2 aromatic rings. The second-order valence-corrected chi connectivity index (χ2v) is 5.17. The van der Waals surface area contributed by atoms with E-state index in [1.807, 2.05) is 22.6 Å². The van der Waals surface area contributed by atoms with Gasteiger partial charge in [0.05, 0.1) is 16.1 Å². The number of nitrogens with two attached hydrogens (primary N) is 1. The number of anilines is 1. The van der Waals surface area contributed by atoms with E-state index in [0.29, 0.717) is 3.57 Å². The molecule has 92 valence electrons. The topological polar surface area (TPSA) is 43.1 Å². The first-order valence-corrected chi connectivity index (χ1v) is 6.50. The van der Waals surface area contributed by atoms with Crippen LogP contribution in [0.2, 0.25) is 5.02 Å². The first-order valence-electron chi connectivity index (χ1n) is 5.05. The van der Waals surface area contributed by atoms with Gasteiger partial charge < -0.3 is 5.73 Å². The summed E-state index contributed by atoms with van der Waals surface area (Å²) in [6.07, 6.45) is 0. The minimum Gasteiger partial charge on any atom is -0.398 e. The molecule has 0 saturated carbocycles. The number of halogens is 3. The minimum absolute atomic E-state index is 0.0342. The Morgan fingerprint density at radius 3 is 2.56 bits per heavy atom. The van der Waals surface area contributed by atoms with Gasteiger partial charge in [0.2, 0.25) is 0 Å². The maximum Gasteiger partial charge on any atom is 0.199 e. The summed E-state index contributed by atoms with van der Waals surface area (Å²) in [5, 5.41) is 0.254. The van der Waals surface area contributed by atoms with Crippen molar-refractivity contribution in [1.29, 1.82) is 0 Å². The summed E-state index contributed by atoms with van der Waals surface area (Å²) in [7, 11) is 0. The fraction of sp³-hybridized carbons (Fsp3) is 0. The standard InChI is InChI=1S/C13H8ClFINO/c14-12-9(16)5-6-10(17)11(12)13(18)7-3-1-2-4-8(7)15/h1-6H,17H2. The fourth-order valence-electron chi connectivity index (χ4n) is 1.58. The van der Waals surface area contributed by atoms with Gasteiger partial charge in [0.15, 0.2) is 5.78 Å². The number of carbonyl (C=O) groups excluding carboxylic acids is 1. The molecule has 2 rings (SSSR count). The van der Waals surface area contributed by atoms with Crippen molar-refractivity contribution in [3.05, 3.63) is 61.9 Å². The van der Waals surface area contributed by atoms with Crippen molar-refractivity contribution < 1.29 is 9.18 Å². The first-order chi connectivity index (χ1) is 8.52. The maximum atomic E-state index is 13.6. The molecule has 0 aliphatic heterocycles. The average Bonchev–Trinajstić information content (AvgIpc) is 2.35. The molecule has 0 bridgehead atoms. The normalized spacial score (nSPS) is 10.4. The molecule has 0 saturated heterocycles. The lowest BCUT2D eigenvalue weighted by molar-refractivity contribution is 0.103. The van der Waals surface area contributed by atoms with Crippen LogP contribution >= 0.6 is 34.2 Å². The van der Waals surface area contributed by atoms with Gasteiger partial charge in [-0.15, -0.1) is 0 Å². The summed E-state index contributed by atoms with van der Waals surface area (Å²) < 4.78 is 14.3. The van der Waals surface area contributed by atoms with Crippen molar-refractivity contribution in [3.8, 4) is 0 Å². The highest BCUT2D eigenvalue weighted by Crippen LogP contribution is 2.30. The monoisotopic (exact) mass is 375 g/mol. The van der Waals surface area contributed by atoms with Crippen molar-refractivity contribution in [1.82, 2.24) is 0 Å². The maximum absolute atomic E-state index is 13.6. The zero-order valence-electron chi connectivity index (χ0n) is 9.08. The Hall–Kier alpha value is -1.14. The average molecular weight is 376 g/mol. The Balaban J connectivity index is 2.61. The second-order valence-electron chi connectivity index (χ2n) is 3.63. The smallest absolute Gasteiger partial charge is 0.199 e. The van der Waals surface area contributed by atoms with Crippen LogP contribution in [0.3, 0.4) is 0 Å². The number of carbonyl (C=O) groups is 1. The fourth-order valence-corrected chi connectivity index (χ4v) is 2.28. The van der Waals surface area contributed by atoms with Gasteiger partial charge in [-0.3, -0.25) is 4.79 Å². The molecule has 0 amide bonds. The molecule has 18 heavy (non-hydrogen) atoms. The van der Waals surface area contributed by atoms with Crippen LogP contribution in [0.15, 0.2) is 36.4 Å². The molecular weight excluding hydrogens is 368 g/mol. The molecule has 2 N–H and O–H groups in total. The Morgan fingerprint density at radius 2 is 1.89 bits per heavy atom. The SMILES string of the molecule is Nc1ccc(I)c(Cl)c1C(=O)c1ccccc1F. The van der Waals surface area contributed by atoms with E-state index in [2.05, 4.69) is 0 Å². The summed E-state index contributed by atoms with van der Waals surface area (Å²) >= 11 is 8.06. The summed E-state index contributed by atoms with van der Waals surface area (Å²) in [5.74, 6) is -1.09. The molecule has 2 aromatic carbocycles. The van der Waals surface area contributed by atoms with Crippen molar-refractivity contribution in [2.24, 2.45) is 0 Å². The van der Waals surface area contributed by atoms with Gasteiger partial charge >= 0.3 is 0 Å². The van der Waals surface area contributed by atoms with Crippen LogP contribution in [0.25, 0.3) is 0 Å². The summed E-state index contributed by atoms with van der Waals surface area (Å²) in [6, 6.07) is 9.04. The highest BCUT2D eigenvalue weighted by Gasteiger charge is 2.20. The molecule has 0 unspecified atom stereocenters. The van der Waals surface area contributed by atoms with Gasteiger partial charge in [-0.2, -0.15) is 0 Å². The van der Waals surface area contributed by atoms with Crippen molar-refractivity contribution in [2.75, 3.05) is 5.73 Å². The van der Waals surface area contributed by atoms with E-state index < -0.39 is 11.6 Å². The zero-order chi connectivity index (χ0) is 13.3. The number of benzene rings is 2. The highest BCUT2D eigenvalue weighted by molar-refractivity contribution is 14.1. The largest absolute Gasteiger partial charge is 0.398 e. The van der Waals surface area contributed by atoms with Gasteiger partial charge in [0.1, 0.15) is 5.82 Å². The Morgan fingerprint density at radius 1 is 1.22 bits per heavy atom. The number of ketones is 1. The molecule has 0 aliphatic carbocycles. The molecule has 2 nitrogen and oxygen atoms in total. The molecule has 0 spiro atoms. The number of rotatable bonds is 2. The van der Waals surface area contributed by atoms with Crippen molar-refractivity contribution in [3.63, 3.8) is 0 Å². The van der Waals surface area contributed by atoms with Crippen LogP contribution in [0, 0.1) is 9.39 Å². The lowest BCUT2D eigenvalue weighted by Gasteiger charge is -2.09. The van der Waals surface area contributed by atoms with E-state index >= 15 is 0 Å². The van der Waals surface area contributed by atoms with E-state index in [0.717, 1.165) is 0 Å². The van der Waals surface area contributed by atoms with E-state index in [1.165, 1.54) is 18.2 Å². The van der Waals surface area contributed by atoms with Crippen LogP contribution in [-0.4, -0.2) is 5.78 Å². The molecule has 0 aromatic heterocycles. The van der Waals surface area contributed by atoms with E-state index in [9.17, 15) is 9.18 Å². The van der Waals surface area contributed by atoms with Gasteiger partial charge in [-0.05, 0) is 46.9 Å². The van der Waals surface area contributed by atoms with Crippen LogP contribution < -0.4 is 5.73 Å². The number of hydrogen-bond donors (Lipinski definition) is 1. The summed E-state index contributed by atoms with van der Waals surface area (Å²) in [5.41, 5.74) is 6.10. The molecule has 0 heterocycles. The zero-order valence-corrected chi connectivity index (χ0v) is 12.0. The lowest BCUT2D eigenvalue weighted by Crippen LogP contribution is -2.09. The van der Waals surface area contributed by atoms with Crippen LogP contribution in [-0.2, 0) is 0 Å².